The van der Waals surface area contributed by atoms with Crippen LogP contribution in [0, 0.1) is 5.92 Å². The van der Waals surface area contributed by atoms with Gasteiger partial charge < -0.3 is 20.1 Å². The lowest BCUT2D eigenvalue weighted by Gasteiger charge is -2.46. The first-order chi connectivity index (χ1) is 13.9. The summed E-state index contributed by atoms with van der Waals surface area (Å²) < 4.78 is 10.9. The van der Waals surface area contributed by atoms with Gasteiger partial charge in [-0.15, -0.1) is 0 Å². The van der Waals surface area contributed by atoms with Gasteiger partial charge in [-0.1, -0.05) is 18.2 Å². The van der Waals surface area contributed by atoms with Crippen LogP contribution < -0.4 is 15.4 Å². The predicted octanol–water partition coefficient (Wildman–Crippen LogP) is 2.83. The minimum absolute atomic E-state index is 0.280. The summed E-state index contributed by atoms with van der Waals surface area (Å²) in [6, 6.07) is 13.9. The first kappa shape index (κ1) is 19.0. The average molecular weight is 394 g/mol. The summed E-state index contributed by atoms with van der Waals surface area (Å²) in [6.07, 6.45) is 0.510. The summed E-state index contributed by atoms with van der Waals surface area (Å²) in [4.78, 5) is 37.5. The van der Waals surface area contributed by atoms with Gasteiger partial charge in [-0.05, 0) is 49.7 Å². The highest BCUT2D eigenvalue weighted by Crippen LogP contribution is 2.46. The van der Waals surface area contributed by atoms with Crippen LogP contribution in [0.15, 0.2) is 48.5 Å². The molecule has 2 aliphatic heterocycles. The van der Waals surface area contributed by atoms with Crippen molar-refractivity contribution in [3.8, 4) is 5.75 Å². The molecule has 2 bridgehead atoms. The largest absolute Gasteiger partial charge is 0.468 e. The lowest BCUT2D eigenvalue weighted by molar-refractivity contribution is -0.145. The molecule has 2 N–H and O–H groups in total. The quantitative estimate of drug-likeness (QED) is 0.614. The van der Waals surface area contributed by atoms with Crippen molar-refractivity contribution < 1.29 is 23.9 Å². The van der Waals surface area contributed by atoms with Crippen LogP contribution in [0.5, 0.6) is 5.75 Å². The Labute approximate surface area is 168 Å². The second kappa shape index (κ2) is 7.24. The number of anilines is 1. The highest BCUT2D eigenvalue weighted by atomic mass is 16.5. The van der Waals surface area contributed by atoms with E-state index in [4.69, 9.17) is 9.47 Å². The molecule has 0 unspecified atom stereocenters. The minimum atomic E-state index is -0.877. The minimum Gasteiger partial charge on any atom is -0.468 e. The molecule has 0 aliphatic carbocycles. The number of hydrogen-bond acceptors (Lipinski definition) is 5. The molecule has 1 fully saturated rings. The van der Waals surface area contributed by atoms with Crippen molar-refractivity contribution >= 4 is 23.5 Å². The van der Waals surface area contributed by atoms with Crippen molar-refractivity contribution in [2.45, 2.75) is 31.9 Å². The molecular formula is C22H22N2O5. The third kappa shape index (κ3) is 3.55. The summed E-state index contributed by atoms with van der Waals surface area (Å²) in [6.45, 7) is 3.84. The van der Waals surface area contributed by atoms with Gasteiger partial charge in [0.1, 0.15) is 11.7 Å². The SMILES string of the molecule is CCOC(=O)c1ccc(NC(=O)[C@H]2C(=O)N[C@]3(C)C[C@H]2c2ccccc2O3)cc1. The summed E-state index contributed by atoms with van der Waals surface area (Å²) >= 11 is 0. The van der Waals surface area contributed by atoms with Gasteiger partial charge in [0.15, 0.2) is 5.72 Å². The van der Waals surface area contributed by atoms with Crippen LogP contribution in [0.25, 0.3) is 0 Å². The van der Waals surface area contributed by atoms with E-state index in [2.05, 4.69) is 10.6 Å². The van der Waals surface area contributed by atoms with E-state index in [1.54, 1.807) is 31.2 Å². The van der Waals surface area contributed by atoms with E-state index in [-0.39, 0.29) is 11.8 Å². The third-order valence-corrected chi connectivity index (χ3v) is 5.28. The molecule has 3 atom stereocenters. The number of fused-ring (bicyclic) bond motifs is 4. The molecule has 0 saturated carbocycles. The molecular weight excluding hydrogens is 372 g/mol. The molecule has 0 aromatic heterocycles. The number of esters is 1. The third-order valence-electron chi connectivity index (χ3n) is 5.28. The summed E-state index contributed by atoms with van der Waals surface area (Å²) in [7, 11) is 0. The molecule has 150 valence electrons. The molecule has 2 aromatic rings. The zero-order valence-corrected chi connectivity index (χ0v) is 16.2. The number of hydrogen-bond donors (Lipinski definition) is 2. The lowest BCUT2D eigenvalue weighted by atomic mass is 9.74. The molecule has 2 aromatic carbocycles. The Morgan fingerprint density at radius 1 is 1.21 bits per heavy atom. The van der Waals surface area contributed by atoms with E-state index in [0.29, 0.717) is 30.0 Å². The van der Waals surface area contributed by atoms with Crippen LogP contribution in [0.3, 0.4) is 0 Å². The fourth-order valence-corrected chi connectivity index (χ4v) is 4.01. The Kier molecular flexibility index (Phi) is 4.74. The van der Waals surface area contributed by atoms with Crippen LogP contribution in [0.4, 0.5) is 5.69 Å². The summed E-state index contributed by atoms with van der Waals surface area (Å²) in [5.41, 5.74) is 0.935. The molecule has 2 heterocycles. The predicted molar refractivity (Wildman–Crippen MR) is 105 cm³/mol. The fourth-order valence-electron chi connectivity index (χ4n) is 4.01. The Hall–Kier alpha value is -3.35. The molecule has 0 radical (unpaired) electrons. The van der Waals surface area contributed by atoms with Gasteiger partial charge >= 0.3 is 5.97 Å². The van der Waals surface area contributed by atoms with E-state index in [1.807, 2.05) is 31.2 Å². The monoisotopic (exact) mass is 394 g/mol. The van der Waals surface area contributed by atoms with Crippen molar-refractivity contribution in [2.24, 2.45) is 5.92 Å². The van der Waals surface area contributed by atoms with Gasteiger partial charge in [-0.3, -0.25) is 9.59 Å². The van der Waals surface area contributed by atoms with Gasteiger partial charge in [-0.2, -0.15) is 0 Å². The first-order valence-electron chi connectivity index (χ1n) is 9.58. The van der Waals surface area contributed by atoms with E-state index in [1.165, 1.54) is 0 Å². The molecule has 7 nitrogen and oxygen atoms in total. The zero-order chi connectivity index (χ0) is 20.6. The second-order valence-corrected chi connectivity index (χ2v) is 7.44. The Balaban J connectivity index is 1.56. The number of ether oxygens (including phenoxy) is 2. The standard InChI is InChI=1S/C22H22N2O5/c1-3-28-21(27)13-8-10-14(11-9-13)23-19(25)18-16-12-22(2,24-20(18)26)29-17-7-5-4-6-15(16)17/h4-11,16,18H,3,12H2,1-2H3,(H,23,25)(H,24,26)/t16-,18-,22-/m0/s1. The molecule has 0 spiro atoms. The number of benzene rings is 2. The van der Waals surface area contributed by atoms with E-state index < -0.39 is 23.5 Å². The van der Waals surface area contributed by atoms with Crippen LogP contribution in [0.2, 0.25) is 0 Å². The highest BCUT2D eigenvalue weighted by Gasteiger charge is 2.51. The lowest BCUT2D eigenvalue weighted by Crippen LogP contribution is -2.62. The Bertz CT molecular complexity index is 971. The summed E-state index contributed by atoms with van der Waals surface area (Å²) in [5, 5.41) is 5.63. The maximum absolute atomic E-state index is 13.0. The van der Waals surface area contributed by atoms with Crippen molar-refractivity contribution in [2.75, 3.05) is 11.9 Å². The normalized spacial score (nSPS) is 24.6. The van der Waals surface area contributed by atoms with E-state index in [0.717, 1.165) is 5.56 Å². The maximum atomic E-state index is 13.0. The number of rotatable bonds is 4. The van der Waals surface area contributed by atoms with Crippen LogP contribution in [-0.2, 0) is 14.3 Å². The molecule has 7 heteroatoms. The number of amides is 2. The Morgan fingerprint density at radius 2 is 1.93 bits per heavy atom. The van der Waals surface area contributed by atoms with Gasteiger partial charge in [0.2, 0.25) is 11.8 Å². The Morgan fingerprint density at radius 3 is 2.66 bits per heavy atom. The molecule has 29 heavy (non-hydrogen) atoms. The van der Waals surface area contributed by atoms with Crippen molar-refractivity contribution in [3.63, 3.8) is 0 Å². The van der Waals surface area contributed by atoms with Crippen molar-refractivity contribution in [1.82, 2.24) is 5.32 Å². The number of nitrogens with one attached hydrogen (secondary N) is 2. The second-order valence-electron chi connectivity index (χ2n) is 7.44. The number of carbonyl (C=O) groups is 3. The van der Waals surface area contributed by atoms with Gasteiger partial charge in [0.05, 0.1) is 12.2 Å². The molecule has 2 amide bonds. The van der Waals surface area contributed by atoms with Crippen molar-refractivity contribution in [1.29, 1.82) is 0 Å². The molecule has 4 rings (SSSR count). The van der Waals surface area contributed by atoms with E-state index in [9.17, 15) is 14.4 Å². The van der Waals surface area contributed by atoms with Gasteiger partial charge in [0, 0.05) is 18.0 Å². The van der Waals surface area contributed by atoms with Gasteiger partial charge in [0.25, 0.3) is 0 Å². The number of carbonyl (C=O) groups excluding carboxylic acids is 3. The molecule has 2 aliphatic rings. The van der Waals surface area contributed by atoms with Crippen LogP contribution >= 0.6 is 0 Å². The summed E-state index contributed by atoms with van der Waals surface area (Å²) in [5.74, 6) is -1.65. The number of piperidine rings is 1. The number of para-hydroxylation sites is 1. The molecule has 1 saturated heterocycles. The van der Waals surface area contributed by atoms with Crippen molar-refractivity contribution in [3.05, 3.63) is 59.7 Å². The van der Waals surface area contributed by atoms with Crippen LogP contribution in [0.1, 0.15) is 42.1 Å². The van der Waals surface area contributed by atoms with E-state index >= 15 is 0 Å². The maximum Gasteiger partial charge on any atom is 0.338 e. The fraction of sp³-hybridized carbons (Fsp3) is 0.318. The first-order valence-corrected chi connectivity index (χ1v) is 9.58. The smallest absolute Gasteiger partial charge is 0.338 e. The average Bonchev–Trinajstić information content (AvgIpc) is 2.68. The highest BCUT2D eigenvalue weighted by molar-refractivity contribution is 6.08. The topological polar surface area (TPSA) is 93.7 Å². The van der Waals surface area contributed by atoms with Gasteiger partial charge in [-0.25, -0.2) is 4.79 Å². The van der Waals surface area contributed by atoms with Crippen LogP contribution in [-0.4, -0.2) is 30.1 Å². The zero-order valence-electron chi connectivity index (χ0n) is 16.2.